The summed E-state index contributed by atoms with van der Waals surface area (Å²) < 4.78 is 5.06. The second-order valence-electron chi connectivity index (χ2n) is 5.76. The van der Waals surface area contributed by atoms with Crippen LogP contribution in [-0.4, -0.2) is 49.1 Å². The van der Waals surface area contributed by atoms with E-state index in [2.05, 4.69) is 5.32 Å². The molecule has 2 aliphatic rings. The van der Waals surface area contributed by atoms with Crippen molar-refractivity contribution in [2.24, 2.45) is 5.92 Å². The van der Waals surface area contributed by atoms with E-state index in [1.807, 2.05) is 11.8 Å². The first kappa shape index (κ1) is 18.2. The Morgan fingerprint density at radius 1 is 1.29 bits per heavy atom. The molecule has 0 saturated carbocycles. The number of esters is 1. The molecule has 2 saturated heterocycles. The maximum absolute atomic E-state index is 12.2. The fourth-order valence-corrected chi connectivity index (χ4v) is 3.12. The first-order valence-corrected chi connectivity index (χ1v) is 7.88. The Hall–Kier alpha value is -0.810. The summed E-state index contributed by atoms with van der Waals surface area (Å²) in [6.07, 6.45) is 5.64. The van der Waals surface area contributed by atoms with Gasteiger partial charge in [0.05, 0.1) is 12.5 Å². The molecule has 2 heterocycles. The minimum atomic E-state index is -0.151. The lowest BCUT2D eigenvalue weighted by Gasteiger charge is -2.31. The third-order valence-corrected chi connectivity index (χ3v) is 4.26. The predicted molar refractivity (Wildman–Crippen MR) is 83.4 cm³/mol. The number of halogens is 1. The van der Waals surface area contributed by atoms with Gasteiger partial charge < -0.3 is 15.0 Å². The van der Waals surface area contributed by atoms with E-state index in [1.54, 1.807) is 0 Å². The summed E-state index contributed by atoms with van der Waals surface area (Å²) in [7, 11) is 0. The first-order valence-electron chi connectivity index (χ1n) is 7.88. The number of hydrogen-bond acceptors (Lipinski definition) is 4. The lowest BCUT2D eigenvalue weighted by Crippen LogP contribution is -2.43. The average molecular weight is 319 g/mol. The van der Waals surface area contributed by atoms with Gasteiger partial charge in [0, 0.05) is 25.6 Å². The fourth-order valence-electron chi connectivity index (χ4n) is 3.12. The Morgan fingerprint density at radius 2 is 2.10 bits per heavy atom. The molecule has 0 aliphatic carbocycles. The SMILES string of the molecule is CCOC(=O)C1CCCN(C(=O)CCC2CCCN2)C1.Cl. The van der Waals surface area contributed by atoms with Gasteiger partial charge in [0.15, 0.2) is 0 Å². The summed E-state index contributed by atoms with van der Waals surface area (Å²) in [4.78, 5) is 25.8. The Morgan fingerprint density at radius 3 is 2.76 bits per heavy atom. The van der Waals surface area contributed by atoms with E-state index in [9.17, 15) is 9.59 Å². The zero-order chi connectivity index (χ0) is 14.4. The molecular weight excluding hydrogens is 292 g/mol. The van der Waals surface area contributed by atoms with Crippen molar-refractivity contribution in [2.45, 2.75) is 51.5 Å². The molecule has 2 unspecified atom stereocenters. The van der Waals surface area contributed by atoms with E-state index in [0.717, 1.165) is 32.4 Å². The average Bonchev–Trinajstić information content (AvgIpc) is 2.98. The van der Waals surface area contributed by atoms with Gasteiger partial charge in [-0.25, -0.2) is 0 Å². The minimum Gasteiger partial charge on any atom is -0.466 e. The topological polar surface area (TPSA) is 58.6 Å². The van der Waals surface area contributed by atoms with Crippen LogP contribution in [0.2, 0.25) is 0 Å². The number of piperidine rings is 1. The highest BCUT2D eigenvalue weighted by Gasteiger charge is 2.29. The molecule has 2 rings (SSSR count). The summed E-state index contributed by atoms with van der Waals surface area (Å²) in [5.74, 6) is -0.0904. The highest BCUT2D eigenvalue weighted by molar-refractivity contribution is 5.85. The van der Waals surface area contributed by atoms with Crippen molar-refractivity contribution in [1.29, 1.82) is 0 Å². The van der Waals surface area contributed by atoms with E-state index in [0.29, 0.717) is 25.6 Å². The normalized spacial score (nSPS) is 25.3. The molecule has 0 aromatic heterocycles. The second-order valence-corrected chi connectivity index (χ2v) is 5.76. The van der Waals surface area contributed by atoms with E-state index in [1.165, 1.54) is 12.8 Å². The number of nitrogens with one attached hydrogen (secondary N) is 1. The van der Waals surface area contributed by atoms with Crippen molar-refractivity contribution in [3.63, 3.8) is 0 Å². The van der Waals surface area contributed by atoms with Crippen molar-refractivity contribution in [3.8, 4) is 0 Å². The van der Waals surface area contributed by atoms with Crippen molar-refractivity contribution in [3.05, 3.63) is 0 Å². The van der Waals surface area contributed by atoms with Crippen LogP contribution in [0.1, 0.15) is 45.4 Å². The summed E-state index contributed by atoms with van der Waals surface area (Å²) in [5, 5.41) is 3.41. The third kappa shape index (κ3) is 5.47. The van der Waals surface area contributed by atoms with Crippen molar-refractivity contribution in [2.75, 3.05) is 26.2 Å². The fraction of sp³-hybridized carbons (Fsp3) is 0.867. The van der Waals surface area contributed by atoms with Crippen LogP contribution in [0.4, 0.5) is 0 Å². The van der Waals surface area contributed by atoms with Crippen LogP contribution in [0.15, 0.2) is 0 Å². The molecular formula is C15H27ClN2O3. The van der Waals surface area contributed by atoms with Crippen molar-refractivity contribution >= 4 is 24.3 Å². The Balaban J connectivity index is 0.00000220. The maximum atomic E-state index is 12.2. The first-order chi connectivity index (χ1) is 9.70. The highest BCUT2D eigenvalue weighted by Crippen LogP contribution is 2.20. The number of hydrogen-bond donors (Lipinski definition) is 1. The lowest BCUT2D eigenvalue weighted by atomic mass is 9.97. The quantitative estimate of drug-likeness (QED) is 0.785. The minimum absolute atomic E-state index is 0. The molecule has 2 fully saturated rings. The van der Waals surface area contributed by atoms with Gasteiger partial charge >= 0.3 is 5.97 Å². The molecule has 2 atom stereocenters. The molecule has 2 aliphatic heterocycles. The Kier molecular flexibility index (Phi) is 8.04. The molecule has 6 heteroatoms. The number of nitrogens with zero attached hydrogens (tertiary/aromatic N) is 1. The van der Waals surface area contributed by atoms with Gasteiger partial charge in [0.25, 0.3) is 0 Å². The molecule has 0 aromatic rings. The molecule has 122 valence electrons. The number of likely N-dealkylation sites (tertiary alicyclic amines) is 1. The number of ether oxygens (including phenoxy) is 1. The van der Waals surface area contributed by atoms with Crippen LogP contribution in [0.3, 0.4) is 0 Å². The van der Waals surface area contributed by atoms with Crippen LogP contribution in [0, 0.1) is 5.92 Å². The van der Waals surface area contributed by atoms with Gasteiger partial charge in [0.1, 0.15) is 0 Å². The standard InChI is InChI=1S/C15H26N2O3.ClH/c1-2-20-15(19)12-5-4-10-17(11-12)14(18)8-7-13-6-3-9-16-13;/h12-13,16H,2-11H2,1H3;1H. The third-order valence-electron chi connectivity index (χ3n) is 4.26. The summed E-state index contributed by atoms with van der Waals surface area (Å²) in [5.41, 5.74) is 0. The zero-order valence-corrected chi connectivity index (χ0v) is 13.6. The van der Waals surface area contributed by atoms with E-state index >= 15 is 0 Å². The molecule has 21 heavy (non-hydrogen) atoms. The molecule has 0 aromatic carbocycles. The Bertz CT molecular complexity index is 346. The largest absolute Gasteiger partial charge is 0.466 e. The monoisotopic (exact) mass is 318 g/mol. The predicted octanol–water partition coefficient (Wildman–Crippen LogP) is 1.74. The van der Waals surface area contributed by atoms with Gasteiger partial charge in [-0.3, -0.25) is 9.59 Å². The van der Waals surface area contributed by atoms with Gasteiger partial charge in [-0.05, 0) is 45.6 Å². The number of carbonyl (C=O) groups is 2. The molecule has 5 nitrogen and oxygen atoms in total. The van der Waals surface area contributed by atoms with Crippen LogP contribution in [-0.2, 0) is 14.3 Å². The summed E-state index contributed by atoms with van der Waals surface area (Å²) >= 11 is 0. The Labute approximate surface area is 133 Å². The molecule has 1 amide bonds. The molecule has 0 radical (unpaired) electrons. The number of amides is 1. The van der Waals surface area contributed by atoms with Crippen molar-refractivity contribution in [1.82, 2.24) is 10.2 Å². The number of rotatable bonds is 5. The van der Waals surface area contributed by atoms with Gasteiger partial charge in [-0.2, -0.15) is 0 Å². The lowest BCUT2D eigenvalue weighted by molar-refractivity contribution is -0.151. The zero-order valence-electron chi connectivity index (χ0n) is 12.8. The van der Waals surface area contributed by atoms with Crippen LogP contribution in [0.5, 0.6) is 0 Å². The molecule has 0 bridgehead atoms. The summed E-state index contributed by atoms with van der Waals surface area (Å²) in [6.45, 7) is 4.63. The van der Waals surface area contributed by atoms with Crippen LogP contribution in [0.25, 0.3) is 0 Å². The van der Waals surface area contributed by atoms with Crippen LogP contribution >= 0.6 is 12.4 Å². The van der Waals surface area contributed by atoms with Crippen molar-refractivity contribution < 1.29 is 14.3 Å². The van der Waals surface area contributed by atoms with E-state index < -0.39 is 0 Å². The van der Waals surface area contributed by atoms with Crippen LogP contribution < -0.4 is 5.32 Å². The summed E-state index contributed by atoms with van der Waals surface area (Å²) in [6, 6.07) is 0.504. The van der Waals surface area contributed by atoms with Gasteiger partial charge in [-0.1, -0.05) is 0 Å². The smallest absolute Gasteiger partial charge is 0.310 e. The van der Waals surface area contributed by atoms with Gasteiger partial charge in [-0.15, -0.1) is 12.4 Å². The number of carbonyl (C=O) groups excluding carboxylic acids is 2. The second kappa shape index (κ2) is 9.26. The van der Waals surface area contributed by atoms with Gasteiger partial charge in [0.2, 0.25) is 5.91 Å². The van der Waals surface area contributed by atoms with E-state index in [4.69, 9.17) is 4.74 Å². The highest BCUT2D eigenvalue weighted by atomic mass is 35.5. The molecule has 1 N–H and O–H groups in total. The maximum Gasteiger partial charge on any atom is 0.310 e. The molecule has 0 spiro atoms. The van der Waals surface area contributed by atoms with E-state index in [-0.39, 0.29) is 30.2 Å².